The van der Waals surface area contributed by atoms with Crippen molar-refractivity contribution in [3.63, 3.8) is 0 Å². The average Bonchev–Trinajstić information content (AvgIpc) is 3.67. The molecule has 0 aromatic heterocycles. The average molecular weight is 723 g/mol. The molecule has 3 N–H and O–H groups in total. The monoisotopic (exact) mass is 722 g/mol. The predicted octanol–water partition coefficient (Wildman–Crippen LogP) is 3.23. The summed E-state index contributed by atoms with van der Waals surface area (Å²) in [6.07, 6.45) is 8.59. The van der Waals surface area contributed by atoms with Crippen LogP contribution in [0.15, 0.2) is 88.1 Å². The van der Waals surface area contributed by atoms with Crippen LogP contribution in [0.1, 0.15) is 63.1 Å². The molecule has 1 fully saturated rings. The Morgan fingerprint density at radius 3 is 2.44 bits per heavy atom. The van der Waals surface area contributed by atoms with Crippen LogP contribution in [-0.4, -0.2) is 77.5 Å². The van der Waals surface area contributed by atoms with Crippen LogP contribution in [0.2, 0.25) is 0 Å². The van der Waals surface area contributed by atoms with Crippen LogP contribution in [0.3, 0.4) is 0 Å². The van der Waals surface area contributed by atoms with Gasteiger partial charge in [0.15, 0.2) is 5.71 Å². The number of anilines is 1. The number of nitrogens with one attached hydrogen (secondary N) is 1. The summed E-state index contributed by atoms with van der Waals surface area (Å²) in [4.78, 5) is 13.9. The molecule has 2 aromatic carbocycles. The molecule has 50 heavy (non-hydrogen) atoms. The molecular formula is C36H40N3O9S2-. The molecule has 12 nitrogen and oxygen atoms in total. The largest absolute Gasteiger partial charge is 0.748 e. The number of β-amino-alcohol motifs (C(OH)–C–C–N with tert-alkyl or cyclic N) is 1. The van der Waals surface area contributed by atoms with Crippen LogP contribution in [-0.2, 0) is 35.9 Å². The van der Waals surface area contributed by atoms with Crippen LogP contribution < -0.4 is 10.2 Å². The number of nitrogens with zero attached hydrogens (tertiary/aromatic N) is 2. The molecule has 3 atom stereocenters. The summed E-state index contributed by atoms with van der Waals surface area (Å²) in [5, 5.41) is 23.9. The van der Waals surface area contributed by atoms with Crippen LogP contribution in [0.5, 0.6) is 0 Å². The first-order valence-corrected chi connectivity index (χ1v) is 19.3. The number of aryl methyl sites for hydroxylation is 1. The first-order valence-electron chi connectivity index (χ1n) is 16.3. The zero-order chi connectivity index (χ0) is 36.4. The van der Waals surface area contributed by atoms with E-state index in [9.17, 15) is 40.9 Å². The van der Waals surface area contributed by atoms with Crippen molar-refractivity contribution in [1.29, 1.82) is 0 Å². The Bertz CT molecular complexity index is 2180. The van der Waals surface area contributed by atoms with E-state index >= 15 is 0 Å². The van der Waals surface area contributed by atoms with Crippen molar-refractivity contribution in [3.8, 4) is 0 Å². The molecule has 2 aliphatic heterocycles. The fourth-order valence-corrected chi connectivity index (χ4v) is 9.29. The Morgan fingerprint density at radius 1 is 1.06 bits per heavy atom. The molecule has 2 aliphatic carbocycles. The van der Waals surface area contributed by atoms with E-state index in [4.69, 9.17) is 0 Å². The van der Waals surface area contributed by atoms with Gasteiger partial charge in [0.05, 0.1) is 32.3 Å². The lowest BCUT2D eigenvalue weighted by atomic mass is 9.81. The Hall–Kier alpha value is -3.92. The number of benzene rings is 2. The standard InChI is InChI=1S/C36H41N3O9S2/c1-22-5-11-31-29(17-22)35(3)15-13-24(33(35)38(31)19-27(42)20-49(43,44)45)6-8-26(37-23(2)41)9-7-25-14-16-36(4)30-18-28(50(46,47)48)10-12-32(30)39(21-40)34(25)36/h5-12,17-18,27,40,42H,13-16,19-21H2,1-4H3,(H2,43,44,45,46,47,48)/p-1. The second-order valence-corrected chi connectivity index (χ2v) is 16.8. The van der Waals surface area contributed by atoms with Gasteiger partial charge in [0.2, 0.25) is 11.6 Å². The smallest absolute Gasteiger partial charge is 0.251 e. The van der Waals surface area contributed by atoms with E-state index in [1.54, 1.807) is 22.8 Å². The molecular weight excluding hydrogens is 683 g/mol. The maximum atomic E-state index is 12.3. The summed E-state index contributed by atoms with van der Waals surface area (Å²) in [5.74, 6) is -1.19. The third-order valence-electron chi connectivity index (χ3n) is 10.3. The summed E-state index contributed by atoms with van der Waals surface area (Å²) in [6, 6.07) is 10.2. The molecule has 6 rings (SSSR count). The summed E-state index contributed by atoms with van der Waals surface area (Å²) < 4.78 is 71.5. The maximum Gasteiger partial charge on any atom is 0.251 e. The quantitative estimate of drug-likeness (QED) is 0.187. The van der Waals surface area contributed by atoms with Crippen LogP contribution in [0.4, 0.5) is 11.4 Å². The fourth-order valence-electron chi connectivity index (χ4n) is 8.22. The molecule has 0 bridgehead atoms. The van der Waals surface area contributed by atoms with Gasteiger partial charge in [-0.2, -0.15) is 4.58 Å². The molecule has 2 heterocycles. The number of aliphatic hydroxyl groups excluding tert-OH is 2. The normalized spacial score (nSPS) is 24.7. The van der Waals surface area contributed by atoms with E-state index in [1.165, 1.54) is 19.1 Å². The highest BCUT2D eigenvalue weighted by Gasteiger charge is 2.54. The van der Waals surface area contributed by atoms with E-state index in [2.05, 4.69) is 18.3 Å². The zero-order valence-corrected chi connectivity index (χ0v) is 29.9. The van der Waals surface area contributed by atoms with Crippen molar-refractivity contribution >= 4 is 43.2 Å². The van der Waals surface area contributed by atoms with Gasteiger partial charge in [0.1, 0.15) is 10.1 Å². The number of amides is 1. The van der Waals surface area contributed by atoms with E-state index < -0.39 is 42.9 Å². The number of fused-ring (bicyclic) bond motifs is 6. The highest BCUT2D eigenvalue weighted by atomic mass is 32.2. The highest BCUT2D eigenvalue weighted by Crippen LogP contribution is 2.56. The fraction of sp³-hybridized carbons (Fsp3) is 0.389. The van der Waals surface area contributed by atoms with Gasteiger partial charge in [0, 0.05) is 53.2 Å². The minimum absolute atomic E-state index is 0.0797. The molecule has 0 radical (unpaired) electrons. The van der Waals surface area contributed by atoms with Crippen LogP contribution >= 0.6 is 0 Å². The molecule has 1 saturated carbocycles. The lowest BCUT2D eigenvalue weighted by Gasteiger charge is -2.28. The molecule has 2 aromatic rings. The van der Waals surface area contributed by atoms with Crippen LogP contribution in [0, 0.1) is 6.92 Å². The summed E-state index contributed by atoms with van der Waals surface area (Å²) in [7, 11) is -9.33. The SMILES string of the molecule is CC(=O)NC(C=CC1=C2N(CC(O)CS(=O)(=O)[O-])c3ccc(C)cc3C2(C)CC1)=CC=C1CCC2(C)C1=[N+](CO)c1ccc(S(=O)(=O)[O-])cc12. The Morgan fingerprint density at radius 2 is 1.78 bits per heavy atom. The van der Waals surface area contributed by atoms with Gasteiger partial charge in [-0.15, -0.1) is 0 Å². The maximum absolute atomic E-state index is 12.3. The van der Waals surface area contributed by atoms with Crippen molar-refractivity contribution in [2.75, 3.05) is 23.9 Å². The van der Waals surface area contributed by atoms with Gasteiger partial charge in [-0.25, -0.2) is 16.8 Å². The van der Waals surface area contributed by atoms with Gasteiger partial charge < -0.3 is 29.5 Å². The lowest BCUT2D eigenvalue weighted by molar-refractivity contribution is -0.482. The number of carbonyl (C=O) groups is 1. The van der Waals surface area contributed by atoms with Gasteiger partial charge in [-0.05, 0) is 87.9 Å². The third kappa shape index (κ3) is 6.40. The molecule has 0 saturated heterocycles. The number of hydrogen-bond donors (Lipinski definition) is 3. The van der Waals surface area contributed by atoms with E-state index in [0.717, 1.165) is 45.8 Å². The van der Waals surface area contributed by atoms with Gasteiger partial charge in [-0.3, -0.25) is 4.79 Å². The van der Waals surface area contributed by atoms with E-state index in [0.29, 0.717) is 36.2 Å². The summed E-state index contributed by atoms with van der Waals surface area (Å²) in [5.41, 5.74) is 7.19. The summed E-state index contributed by atoms with van der Waals surface area (Å²) >= 11 is 0. The van der Waals surface area contributed by atoms with Crippen molar-refractivity contribution in [2.24, 2.45) is 0 Å². The summed E-state index contributed by atoms with van der Waals surface area (Å²) in [6.45, 7) is 7.03. The Balaban J connectivity index is 1.37. The number of allylic oxidation sites excluding steroid dienone is 7. The number of carbonyl (C=O) groups excluding carboxylic acids is 1. The topological polar surface area (TPSA) is 190 Å². The second-order valence-electron chi connectivity index (χ2n) is 13.9. The predicted molar refractivity (Wildman–Crippen MR) is 185 cm³/mol. The van der Waals surface area contributed by atoms with Gasteiger partial charge >= 0.3 is 0 Å². The highest BCUT2D eigenvalue weighted by molar-refractivity contribution is 7.86. The first kappa shape index (κ1) is 35.9. The van der Waals surface area contributed by atoms with E-state index in [-0.39, 0.29) is 24.1 Å². The van der Waals surface area contributed by atoms with E-state index in [1.807, 2.05) is 43.0 Å². The Kier molecular flexibility index (Phi) is 9.11. The van der Waals surface area contributed by atoms with Crippen LogP contribution in [0.25, 0.3) is 0 Å². The molecule has 4 aliphatic rings. The molecule has 266 valence electrons. The van der Waals surface area contributed by atoms with Crippen molar-refractivity contribution in [3.05, 3.63) is 99.9 Å². The molecule has 3 unspecified atom stereocenters. The first-order chi connectivity index (χ1) is 23.4. The van der Waals surface area contributed by atoms with Gasteiger partial charge in [-0.1, -0.05) is 29.8 Å². The van der Waals surface area contributed by atoms with Crippen molar-refractivity contribution in [1.82, 2.24) is 5.32 Å². The minimum atomic E-state index is -4.68. The number of aliphatic hydroxyl groups is 2. The Labute approximate surface area is 292 Å². The van der Waals surface area contributed by atoms with Crippen molar-refractivity contribution in [2.45, 2.75) is 75.2 Å². The zero-order valence-electron chi connectivity index (χ0n) is 28.3. The second kappa shape index (κ2) is 12.7. The van der Waals surface area contributed by atoms with Gasteiger partial charge in [0.25, 0.3) is 6.73 Å². The molecule has 14 heteroatoms. The van der Waals surface area contributed by atoms with Crippen molar-refractivity contribution < 1.29 is 45.5 Å². The molecule has 1 amide bonds. The number of hydrogen-bond acceptors (Lipinski definition) is 10. The number of rotatable bonds is 10. The third-order valence-corrected chi connectivity index (χ3v) is 12.0. The lowest BCUT2D eigenvalue weighted by Crippen LogP contribution is -2.36. The molecule has 0 spiro atoms. The minimum Gasteiger partial charge on any atom is -0.748 e.